The molecule has 2 fully saturated rings. The molecule has 184 valence electrons. The Kier molecular flexibility index (Phi) is 6.71. The lowest BCUT2D eigenvalue weighted by Gasteiger charge is -2.34. The van der Waals surface area contributed by atoms with Gasteiger partial charge in [0.15, 0.2) is 0 Å². The molecule has 2 aliphatic rings. The topological polar surface area (TPSA) is 92.6 Å². The molecule has 0 unspecified atom stereocenters. The molecule has 2 heterocycles. The molecule has 2 aromatic carbocycles. The van der Waals surface area contributed by atoms with E-state index in [2.05, 4.69) is 5.10 Å². The van der Waals surface area contributed by atoms with Crippen LogP contribution in [0, 0.1) is 0 Å². The molecule has 8 nitrogen and oxygen atoms in total. The van der Waals surface area contributed by atoms with Crippen molar-refractivity contribution < 1.29 is 13.2 Å². The maximum Gasteiger partial charge on any atom is 0.275 e. The van der Waals surface area contributed by atoms with Crippen LogP contribution in [0.4, 0.5) is 0 Å². The Balaban J connectivity index is 1.21. The highest BCUT2D eigenvalue weighted by atomic mass is 32.2. The van der Waals surface area contributed by atoms with Crippen LogP contribution in [0.2, 0.25) is 0 Å². The third-order valence-electron chi connectivity index (χ3n) is 7.23. The van der Waals surface area contributed by atoms with Crippen molar-refractivity contribution in [2.75, 3.05) is 26.2 Å². The number of sulfonamides is 1. The minimum atomic E-state index is -3.62. The standard InChI is InChI=1S/C26H30N4O4S/c31-25(19-30-26(32)24-9-5-4-8-22(24)18-27-30)28-14-16-29(17-15-28)35(33,34)23-12-10-21(11-13-23)20-6-2-1-3-7-20/h4-5,8-13,18,20H,1-3,6-7,14-17,19H2. The van der Waals surface area contributed by atoms with Crippen LogP contribution in [-0.4, -0.2) is 59.5 Å². The van der Waals surface area contributed by atoms with Gasteiger partial charge in [0.1, 0.15) is 6.54 Å². The molecule has 1 aliphatic carbocycles. The van der Waals surface area contributed by atoms with Gasteiger partial charge in [0.2, 0.25) is 15.9 Å². The van der Waals surface area contributed by atoms with Crippen LogP contribution in [0.15, 0.2) is 64.4 Å². The number of carbonyl (C=O) groups excluding carboxylic acids is 1. The van der Waals surface area contributed by atoms with E-state index < -0.39 is 10.0 Å². The minimum absolute atomic E-state index is 0.168. The molecule has 0 radical (unpaired) electrons. The number of aromatic nitrogens is 2. The van der Waals surface area contributed by atoms with Gasteiger partial charge in [0.25, 0.3) is 5.56 Å². The van der Waals surface area contributed by atoms with Crippen molar-refractivity contribution in [3.05, 3.63) is 70.6 Å². The Morgan fingerprint density at radius 1 is 0.914 bits per heavy atom. The summed E-state index contributed by atoms with van der Waals surface area (Å²) < 4.78 is 29.0. The normalized spacial score (nSPS) is 18.1. The van der Waals surface area contributed by atoms with Crippen LogP contribution in [0.5, 0.6) is 0 Å². The summed E-state index contributed by atoms with van der Waals surface area (Å²) in [7, 11) is -3.62. The quantitative estimate of drug-likeness (QED) is 0.544. The average molecular weight is 495 g/mol. The first kappa shape index (κ1) is 23.7. The summed E-state index contributed by atoms with van der Waals surface area (Å²) in [5.74, 6) is 0.281. The number of rotatable bonds is 5. The fourth-order valence-corrected chi connectivity index (χ4v) is 6.57. The zero-order valence-corrected chi connectivity index (χ0v) is 20.5. The number of piperazine rings is 1. The van der Waals surface area contributed by atoms with Gasteiger partial charge < -0.3 is 4.90 Å². The van der Waals surface area contributed by atoms with E-state index in [0.717, 1.165) is 5.39 Å². The Hall–Kier alpha value is -3.04. The Morgan fingerprint density at radius 2 is 1.60 bits per heavy atom. The van der Waals surface area contributed by atoms with E-state index in [1.54, 1.807) is 41.4 Å². The molecule has 1 aliphatic heterocycles. The number of fused-ring (bicyclic) bond motifs is 1. The van der Waals surface area contributed by atoms with Crippen LogP contribution in [0.1, 0.15) is 43.6 Å². The first-order chi connectivity index (χ1) is 16.9. The van der Waals surface area contributed by atoms with E-state index in [4.69, 9.17) is 0 Å². The predicted molar refractivity (Wildman–Crippen MR) is 134 cm³/mol. The molecule has 0 atom stereocenters. The molecule has 5 rings (SSSR count). The SMILES string of the molecule is O=C(Cn1ncc2ccccc2c1=O)N1CCN(S(=O)(=O)c2ccc(C3CCCCC3)cc2)CC1. The zero-order valence-electron chi connectivity index (χ0n) is 19.7. The Bertz CT molecular complexity index is 1370. The van der Waals surface area contributed by atoms with Crippen molar-refractivity contribution in [2.45, 2.75) is 49.5 Å². The second-order valence-corrected chi connectivity index (χ2v) is 11.3. The molecule has 1 amide bonds. The number of amides is 1. The molecule has 3 aromatic rings. The second-order valence-electron chi connectivity index (χ2n) is 9.38. The van der Waals surface area contributed by atoms with E-state index in [1.165, 1.54) is 46.7 Å². The number of hydrogen-bond donors (Lipinski definition) is 0. The van der Waals surface area contributed by atoms with Gasteiger partial charge in [0, 0.05) is 31.6 Å². The smallest absolute Gasteiger partial charge is 0.275 e. The fourth-order valence-electron chi connectivity index (χ4n) is 5.14. The number of carbonyl (C=O) groups is 1. The maximum atomic E-state index is 13.2. The number of nitrogens with zero attached hydrogens (tertiary/aromatic N) is 4. The van der Waals surface area contributed by atoms with Gasteiger partial charge in [-0.2, -0.15) is 9.40 Å². The molecule has 1 saturated carbocycles. The molecule has 0 N–H and O–H groups in total. The highest BCUT2D eigenvalue weighted by molar-refractivity contribution is 7.89. The fraction of sp³-hybridized carbons (Fsp3) is 0.423. The molecular weight excluding hydrogens is 464 g/mol. The maximum absolute atomic E-state index is 13.2. The third kappa shape index (κ3) is 4.88. The molecule has 9 heteroatoms. The average Bonchev–Trinajstić information content (AvgIpc) is 2.91. The summed E-state index contributed by atoms with van der Waals surface area (Å²) in [6.45, 7) is 0.831. The van der Waals surface area contributed by atoms with Crippen molar-refractivity contribution >= 4 is 26.7 Å². The lowest BCUT2D eigenvalue weighted by molar-refractivity contribution is -0.133. The third-order valence-corrected chi connectivity index (χ3v) is 9.15. The largest absolute Gasteiger partial charge is 0.338 e. The lowest BCUT2D eigenvalue weighted by atomic mass is 9.84. The van der Waals surface area contributed by atoms with Crippen molar-refractivity contribution in [3.8, 4) is 0 Å². The van der Waals surface area contributed by atoms with Crippen LogP contribution in [0.3, 0.4) is 0 Å². The predicted octanol–water partition coefficient (Wildman–Crippen LogP) is 2.98. The molecule has 35 heavy (non-hydrogen) atoms. The molecule has 0 bridgehead atoms. The van der Waals surface area contributed by atoms with E-state index >= 15 is 0 Å². The van der Waals surface area contributed by atoms with Crippen molar-refractivity contribution in [3.63, 3.8) is 0 Å². The first-order valence-electron chi connectivity index (χ1n) is 12.3. The number of hydrogen-bond acceptors (Lipinski definition) is 5. The van der Waals surface area contributed by atoms with Crippen molar-refractivity contribution in [2.24, 2.45) is 0 Å². The van der Waals surface area contributed by atoms with E-state index in [1.807, 2.05) is 18.2 Å². The molecule has 1 saturated heterocycles. The highest BCUT2D eigenvalue weighted by Gasteiger charge is 2.30. The summed E-state index contributed by atoms with van der Waals surface area (Å²) in [5, 5.41) is 5.37. The van der Waals surface area contributed by atoms with Crippen LogP contribution < -0.4 is 5.56 Å². The summed E-state index contributed by atoms with van der Waals surface area (Å²) in [4.78, 5) is 27.4. The van der Waals surface area contributed by atoms with E-state index in [-0.39, 0.29) is 44.2 Å². The number of benzene rings is 2. The molecule has 1 aromatic heterocycles. The van der Waals surface area contributed by atoms with Gasteiger partial charge in [-0.15, -0.1) is 0 Å². The Labute approximate surface area is 205 Å². The van der Waals surface area contributed by atoms with Crippen LogP contribution >= 0.6 is 0 Å². The molecular formula is C26H30N4O4S. The van der Waals surface area contributed by atoms with Gasteiger partial charge in [-0.05, 0) is 42.5 Å². The zero-order chi connectivity index (χ0) is 24.4. The highest BCUT2D eigenvalue weighted by Crippen LogP contribution is 2.33. The summed E-state index contributed by atoms with van der Waals surface area (Å²) in [5.41, 5.74) is 0.908. The molecule has 0 spiro atoms. The van der Waals surface area contributed by atoms with Gasteiger partial charge in [-0.3, -0.25) is 9.59 Å². The monoisotopic (exact) mass is 494 g/mol. The summed E-state index contributed by atoms with van der Waals surface area (Å²) >= 11 is 0. The Morgan fingerprint density at radius 3 is 2.31 bits per heavy atom. The van der Waals surface area contributed by atoms with E-state index in [0.29, 0.717) is 16.2 Å². The van der Waals surface area contributed by atoms with Gasteiger partial charge >= 0.3 is 0 Å². The summed E-state index contributed by atoms with van der Waals surface area (Å²) in [6, 6.07) is 14.5. The van der Waals surface area contributed by atoms with Crippen molar-refractivity contribution in [1.82, 2.24) is 19.0 Å². The lowest BCUT2D eigenvalue weighted by Crippen LogP contribution is -2.51. The minimum Gasteiger partial charge on any atom is -0.338 e. The van der Waals surface area contributed by atoms with Crippen LogP contribution in [0.25, 0.3) is 10.8 Å². The van der Waals surface area contributed by atoms with Gasteiger partial charge in [0.05, 0.1) is 16.5 Å². The van der Waals surface area contributed by atoms with Crippen molar-refractivity contribution in [1.29, 1.82) is 0 Å². The van der Waals surface area contributed by atoms with E-state index in [9.17, 15) is 18.0 Å². The van der Waals surface area contributed by atoms with Crippen LogP contribution in [-0.2, 0) is 21.4 Å². The van der Waals surface area contributed by atoms with Gasteiger partial charge in [-0.1, -0.05) is 49.6 Å². The first-order valence-corrected chi connectivity index (χ1v) is 13.7. The summed E-state index contributed by atoms with van der Waals surface area (Å²) in [6.07, 6.45) is 7.67. The second kappa shape index (κ2) is 9.91. The van der Waals surface area contributed by atoms with Gasteiger partial charge in [-0.25, -0.2) is 13.1 Å².